The van der Waals surface area contributed by atoms with Gasteiger partial charge in [-0.1, -0.05) is 30.3 Å². The first-order valence-corrected chi connectivity index (χ1v) is 14.2. The number of oxazole rings is 1. The Bertz CT molecular complexity index is 1400. The molecule has 1 amide bonds. The Morgan fingerprint density at radius 2 is 1.88 bits per heavy atom. The highest BCUT2D eigenvalue weighted by atomic mass is 16.5. The van der Waals surface area contributed by atoms with Crippen LogP contribution in [0.4, 0.5) is 0 Å². The number of aryl methyl sites for hydroxylation is 1. The van der Waals surface area contributed by atoms with Crippen LogP contribution >= 0.6 is 0 Å². The van der Waals surface area contributed by atoms with E-state index in [1.807, 2.05) is 18.2 Å². The highest BCUT2D eigenvalue weighted by Crippen LogP contribution is 2.26. The zero-order valence-electron chi connectivity index (χ0n) is 23.1. The van der Waals surface area contributed by atoms with E-state index in [9.17, 15) is 9.59 Å². The second-order valence-corrected chi connectivity index (χ2v) is 10.5. The van der Waals surface area contributed by atoms with Crippen molar-refractivity contribution in [1.82, 2.24) is 14.8 Å². The third-order valence-electron chi connectivity index (χ3n) is 7.70. The maximum absolute atomic E-state index is 12.7. The number of hydrogen-bond donors (Lipinski definition) is 2. The van der Waals surface area contributed by atoms with Gasteiger partial charge in [0.2, 0.25) is 5.91 Å². The Labute approximate surface area is 238 Å². The number of nitrogens with zero attached hydrogens (tertiary/aromatic N) is 3. The molecule has 11 nitrogen and oxygen atoms in total. The highest BCUT2D eigenvalue weighted by Gasteiger charge is 2.34. The number of rotatable bonds is 7. The molecule has 218 valence electrons. The minimum atomic E-state index is -0.428. The van der Waals surface area contributed by atoms with Crippen LogP contribution in [-0.2, 0) is 32.0 Å². The summed E-state index contributed by atoms with van der Waals surface area (Å²) in [5, 5.41) is 11.8. The van der Waals surface area contributed by atoms with Crippen molar-refractivity contribution in [3.63, 3.8) is 0 Å². The first-order valence-electron chi connectivity index (χ1n) is 14.2. The lowest BCUT2D eigenvalue weighted by Gasteiger charge is -2.44. The van der Waals surface area contributed by atoms with Gasteiger partial charge in [-0.25, -0.2) is 4.79 Å². The fourth-order valence-electron chi connectivity index (χ4n) is 5.31. The summed E-state index contributed by atoms with van der Waals surface area (Å²) in [4.78, 5) is 25.6. The molecule has 0 saturated carbocycles. The monoisotopic (exact) mass is 563 g/mol. The molecule has 3 fully saturated rings. The normalized spacial score (nSPS) is 21.7. The van der Waals surface area contributed by atoms with E-state index in [1.54, 1.807) is 4.57 Å². The van der Waals surface area contributed by atoms with E-state index in [4.69, 9.17) is 29.6 Å². The van der Waals surface area contributed by atoms with Crippen molar-refractivity contribution in [1.29, 1.82) is 5.26 Å². The summed E-state index contributed by atoms with van der Waals surface area (Å²) in [5.74, 6) is -0.719. The number of morpholine rings is 1. The van der Waals surface area contributed by atoms with Crippen molar-refractivity contribution in [2.75, 3.05) is 52.7 Å². The molecule has 3 aliphatic rings. The van der Waals surface area contributed by atoms with Gasteiger partial charge in [0.15, 0.2) is 5.58 Å². The van der Waals surface area contributed by atoms with Crippen molar-refractivity contribution in [3.8, 4) is 17.2 Å². The number of ether oxygens (including phenoxy) is 3. The predicted molar refractivity (Wildman–Crippen MR) is 152 cm³/mol. The molecule has 2 aromatic carbocycles. The summed E-state index contributed by atoms with van der Waals surface area (Å²) < 4.78 is 23.5. The Balaban J connectivity index is 0.000000287. The molecule has 0 aliphatic carbocycles. The molecule has 3 aliphatic heterocycles. The van der Waals surface area contributed by atoms with Gasteiger partial charge >= 0.3 is 5.76 Å². The van der Waals surface area contributed by atoms with Gasteiger partial charge in [0, 0.05) is 32.7 Å². The molecular weight excluding hydrogens is 526 g/mol. The fourth-order valence-corrected chi connectivity index (χ4v) is 5.31. The maximum Gasteiger partial charge on any atom is 0.420 e. The number of fused-ring (bicyclic) bond motifs is 1. The van der Waals surface area contributed by atoms with Crippen molar-refractivity contribution >= 4 is 17.0 Å². The summed E-state index contributed by atoms with van der Waals surface area (Å²) in [5.41, 5.74) is 9.66. The molecule has 2 unspecified atom stereocenters. The number of aromatic nitrogens is 1. The maximum atomic E-state index is 12.7. The first kappa shape index (κ1) is 29.0. The smallest absolute Gasteiger partial charge is 0.408 e. The van der Waals surface area contributed by atoms with Gasteiger partial charge in [-0.3, -0.25) is 14.3 Å². The van der Waals surface area contributed by atoms with Crippen molar-refractivity contribution in [2.45, 2.75) is 44.0 Å². The molecular formula is C30H37N5O6. The number of nitrogens with one attached hydrogen (secondary N) is 1. The van der Waals surface area contributed by atoms with E-state index in [0.717, 1.165) is 61.4 Å². The van der Waals surface area contributed by atoms with Gasteiger partial charge in [-0.15, -0.1) is 0 Å². The van der Waals surface area contributed by atoms with Crippen LogP contribution in [0.5, 0.6) is 0 Å². The van der Waals surface area contributed by atoms with Crippen LogP contribution in [-0.4, -0.2) is 86.2 Å². The van der Waals surface area contributed by atoms with Crippen LogP contribution in [0, 0.1) is 11.3 Å². The van der Waals surface area contributed by atoms with Gasteiger partial charge in [0.05, 0.1) is 50.1 Å². The molecule has 0 radical (unpaired) electrons. The zero-order chi connectivity index (χ0) is 28.6. The van der Waals surface area contributed by atoms with Crippen LogP contribution in [0.2, 0.25) is 0 Å². The topological polar surface area (TPSA) is 145 Å². The Morgan fingerprint density at radius 3 is 2.61 bits per heavy atom. The number of primary amides is 1. The average molecular weight is 564 g/mol. The largest absolute Gasteiger partial charge is 0.420 e. The summed E-state index contributed by atoms with van der Waals surface area (Å²) in [7, 11) is 0. The molecule has 3 aromatic rings. The number of hydrogen-bond acceptors (Lipinski definition) is 9. The average Bonchev–Trinajstić information content (AvgIpc) is 3.11. The standard InChI is InChI=1S/C24H25N3O4.C6H12N2O2/c25-9-1-2-17-3-5-18(6-4-17)19-7-8-23-22(12-19)27(24(28)31-23)13-20-14-29-11-10-26(20)21-15-30-16-21;7-6(9)5-4-8-2-1-3-10-5/h3-8,12,20-21H,1-2,10-11,13-16H2;5,8H,1-4H2,(H2,7,9). The van der Waals surface area contributed by atoms with E-state index < -0.39 is 6.10 Å². The molecule has 11 heteroatoms. The van der Waals surface area contributed by atoms with Gasteiger partial charge < -0.3 is 29.7 Å². The lowest BCUT2D eigenvalue weighted by molar-refractivity contribution is -0.128. The minimum Gasteiger partial charge on any atom is -0.408 e. The number of carbonyl (C=O) groups excluding carboxylic acids is 1. The number of benzene rings is 2. The van der Waals surface area contributed by atoms with E-state index in [0.29, 0.717) is 51.0 Å². The third kappa shape index (κ3) is 7.22. The molecule has 1 aromatic heterocycles. The summed E-state index contributed by atoms with van der Waals surface area (Å²) in [6.45, 7) is 6.26. The summed E-state index contributed by atoms with van der Waals surface area (Å²) >= 11 is 0. The number of nitriles is 1. The second kappa shape index (κ2) is 13.9. The molecule has 3 saturated heterocycles. The van der Waals surface area contributed by atoms with Crippen molar-refractivity contribution < 1.29 is 23.4 Å². The van der Waals surface area contributed by atoms with Gasteiger partial charge in [-0.2, -0.15) is 5.26 Å². The predicted octanol–water partition coefficient (Wildman–Crippen LogP) is 1.67. The van der Waals surface area contributed by atoms with Crippen molar-refractivity contribution in [2.24, 2.45) is 5.73 Å². The van der Waals surface area contributed by atoms with Gasteiger partial charge in [0.1, 0.15) is 6.10 Å². The lowest BCUT2D eigenvalue weighted by atomic mass is 10.0. The molecule has 0 spiro atoms. The highest BCUT2D eigenvalue weighted by molar-refractivity contribution is 5.81. The van der Waals surface area contributed by atoms with Crippen molar-refractivity contribution in [3.05, 3.63) is 58.6 Å². The van der Waals surface area contributed by atoms with Crippen LogP contribution in [0.1, 0.15) is 18.4 Å². The quantitative estimate of drug-likeness (QED) is 0.438. The SMILES string of the molecule is N#CCCc1ccc(-c2ccc3oc(=O)n(CC4COCCN4C4COC4)c3c2)cc1.NC(=O)C1CNCCCO1. The van der Waals surface area contributed by atoms with Gasteiger partial charge in [0.25, 0.3) is 0 Å². The van der Waals surface area contributed by atoms with E-state index in [2.05, 4.69) is 40.6 Å². The number of carbonyl (C=O) groups is 1. The third-order valence-corrected chi connectivity index (χ3v) is 7.70. The molecule has 0 bridgehead atoms. The summed E-state index contributed by atoms with van der Waals surface area (Å²) in [6, 6.07) is 16.8. The first-order chi connectivity index (χ1) is 20.0. The van der Waals surface area contributed by atoms with E-state index >= 15 is 0 Å². The second-order valence-electron chi connectivity index (χ2n) is 10.5. The molecule has 6 rings (SSSR count). The molecule has 3 N–H and O–H groups in total. The van der Waals surface area contributed by atoms with E-state index in [1.165, 1.54) is 0 Å². The minimum absolute atomic E-state index is 0.115. The summed E-state index contributed by atoms with van der Waals surface area (Å²) in [6.07, 6.45) is 1.79. The Kier molecular flexibility index (Phi) is 9.82. The van der Waals surface area contributed by atoms with Gasteiger partial charge in [-0.05, 0) is 48.2 Å². The van der Waals surface area contributed by atoms with E-state index in [-0.39, 0.29) is 17.7 Å². The van der Waals surface area contributed by atoms with Crippen LogP contribution < -0.4 is 16.8 Å². The lowest BCUT2D eigenvalue weighted by Crippen LogP contribution is -2.59. The Morgan fingerprint density at radius 1 is 1.07 bits per heavy atom. The number of nitrogens with two attached hydrogens (primary N) is 1. The Hall–Kier alpha value is -3.53. The molecule has 2 atom stereocenters. The zero-order valence-corrected chi connectivity index (χ0v) is 23.1. The van der Waals surface area contributed by atoms with Crippen LogP contribution in [0.25, 0.3) is 22.2 Å². The number of amides is 1. The fraction of sp³-hybridized carbons (Fsp3) is 0.500. The van der Waals surface area contributed by atoms with Crippen LogP contribution in [0.15, 0.2) is 51.7 Å². The molecule has 41 heavy (non-hydrogen) atoms. The molecule has 4 heterocycles. The van der Waals surface area contributed by atoms with Crippen LogP contribution in [0.3, 0.4) is 0 Å².